The zero-order chi connectivity index (χ0) is 14.8. The van der Waals surface area contributed by atoms with Gasteiger partial charge in [0.05, 0.1) is 0 Å². The smallest absolute Gasteiger partial charge is 0.00952 e. The Morgan fingerprint density at radius 3 is 2.25 bits per heavy atom. The van der Waals surface area contributed by atoms with Gasteiger partial charge in [-0.25, -0.2) is 0 Å². The van der Waals surface area contributed by atoms with E-state index in [-0.39, 0.29) is 0 Å². The summed E-state index contributed by atoms with van der Waals surface area (Å²) in [5, 5.41) is 3.77. The minimum absolute atomic E-state index is 0.775. The molecule has 1 fully saturated rings. The van der Waals surface area contributed by atoms with Crippen molar-refractivity contribution in [2.45, 2.75) is 84.6 Å². The first-order valence-corrected chi connectivity index (χ1v) is 9.03. The van der Waals surface area contributed by atoms with E-state index in [9.17, 15) is 0 Å². The zero-order valence-corrected chi connectivity index (χ0v) is 14.2. The first-order chi connectivity index (χ1) is 9.69. The summed E-state index contributed by atoms with van der Waals surface area (Å²) in [6.07, 6.45) is 14.5. The topological polar surface area (TPSA) is 12.0 Å². The first-order valence-electron chi connectivity index (χ1n) is 9.03. The maximum absolute atomic E-state index is 3.81. The molecule has 20 heavy (non-hydrogen) atoms. The van der Waals surface area contributed by atoms with Crippen molar-refractivity contribution in [1.29, 1.82) is 0 Å². The Balaban J connectivity index is 2.29. The fraction of sp³-hybridized carbons (Fsp3) is 0.895. The van der Waals surface area contributed by atoms with Crippen molar-refractivity contribution in [2.75, 3.05) is 6.54 Å². The molecule has 1 atom stereocenters. The second-order valence-corrected chi connectivity index (χ2v) is 7.01. The highest BCUT2D eigenvalue weighted by atomic mass is 14.9. The van der Waals surface area contributed by atoms with Gasteiger partial charge in [0.15, 0.2) is 0 Å². The van der Waals surface area contributed by atoms with Crippen LogP contribution >= 0.6 is 0 Å². The highest BCUT2D eigenvalue weighted by Crippen LogP contribution is 2.35. The molecule has 0 amide bonds. The van der Waals surface area contributed by atoms with Crippen LogP contribution in [0.1, 0.15) is 78.6 Å². The van der Waals surface area contributed by atoms with E-state index in [1.54, 1.807) is 0 Å². The van der Waals surface area contributed by atoms with Crippen molar-refractivity contribution in [3.05, 3.63) is 12.7 Å². The van der Waals surface area contributed by atoms with Gasteiger partial charge in [-0.15, -0.1) is 6.58 Å². The SMILES string of the molecule is C=CCCCCCC(NCC)C1CCC(C(C)C)CC1. The molecule has 0 heterocycles. The van der Waals surface area contributed by atoms with E-state index in [2.05, 4.69) is 38.7 Å². The van der Waals surface area contributed by atoms with Gasteiger partial charge in [-0.1, -0.05) is 39.7 Å². The molecule has 1 aliphatic carbocycles. The number of unbranched alkanes of at least 4 members (excludes halogenated alkanes) is 3. The number of allylic oxidation sites excluding steroid dienone is 1. The lowest BCUT2D eigenvalue weighted by atomic mass is 9.74. The molecule has 0 spiro atoms. The molecule has 0 aromatic rings. The van der Waals surface area contributed by atoms with E-state index < -0.39 is 0 Å². The average molecular weight is 280 g/mol. The van der Waals surface area contributed by atoms with Gasteiger partial charge < -0.3 is 5.32 Å². The Morgan fingerprint density at radius 2 is 1.70 bits per heavy atom. The van der Waals surface area contributed by atoms with Crippen molar-refractivity contribution in [3.8, 4) is 0 Å². The van der Waals surface area contributed by atoms with E-state index in [0.29, 0.717) is 0 Å². The summed E-state index contributed by atoms with van der Waals surface area (Å²) in [7, 11) is 0. The Bertz CT molecular complexity index is 238. The molecule has 0 aromatic carbocycles. The van der Waals surface area contributed by atoms with Crippen LogP contribution in [0.4, 0.5) is 0 Å². The maximum Gasteiger partial charge on any atom is 0.00952 e. The van der Waals surface area contributed by atoms with Crippen LogP contribution in [0, 0.1) is 17.8 Å². The number of rotatable bonds is 10. The summed E-state index contributed by atoms with van der Waals surface area (Å²) in [5.41, 5.74) is 0. The molecule has 118 valence electrons. The molecule has 0 aromatic heterocycles. The summed E-state index contributed by atoms with van der Waals surface area (Å²) < 4.78 is 0. The van der Waals surface area contributed by atoms with Gasteiger partial charge in [0.1, 0.15) is 0 Å². The van der Waals surface area contributed by atoms with E-state index in [1.165, 1.54) is 57.8 Å². The lowest BCUT2D eigenvalue weighted by molar-refractivity contribution is 0.183. The Labute approximate surface area is 127 Å². The normalized spacial score (nSPS) is 24.8. The molecule has 1 N–H and O–H groups in total. The van der Waals surface area contributed by atoms with Gasteiger partial charge >= 0.3 is 0 Å². The van der Waals surface area contributed by atoms with E-state index in [1.807, 2.05) is 0 Å². The van der Waals surface area contributed by atoms with Gasteiger partial charge in [-0.05, 0) is 69.2 Å². The molecule has 1 nitrogen and oxygen atoms in total. The third kappa shape index (κ3) is 6.43. The predicted octanol–water partition coefficient (Wildman–Crippen LogP) is 5.56. The lowest BCUT2D eigenvalue weighted by Crippen LogP contribution is -2.38. The van der Waals surface area contributed by atoms with Gasteiger partial charge in [-0.3, -0.25) is 0 Å². The van der Waals surface area contributed by atoms with Gasteiger partial charge in [-0.2, -0.15) is 0 Å². The van der Waals surface area contributed by atoms with Gasteiger partial charge in [0.25, 0.3) is 0 Å². The monoisotopic (exact) mass is 279 g/mol. The van der Waals surface area contributed by atoms with Gasteiger partial charge in [0, 0.05) is 6.04 Å². The van der Waals surface area contributed by atoms with Crippen LogP contribution in [0.5, 0.6) is 0 Å². The molecule has 1 heteroatoms. The van der Waals surface area contributed by atoms with Crippen molar-refractivity contribution < 1.29 is 0 Å². The Morgan fingerprint density at radius 1 is 1.05 bits per heavy atom. The van der Waals surface area contributed by atoms with Crippen LogP contribution in [0.3, 0.4) is 0 Å². The standard InChI is InChI=1S/C19H37N/c1-5-7-8-9-10-11-19(20-6-2)18-14-12-17(13-15-18)16(3)4/h5,16-20H,1,6-15H2,2-4H3. The summed E-state index contributed by atoms with van der Waals surface area (Å²) in [5.74, 6) is 2.80. The second-order valence-electron chi connectivity index (χ2n) is 7.01. The molecule has 0 bridgehead atoms. The molecule has 0 saturated heterocycles. The highest BCUT2D eigenvalue weighted by Gasteiger charge is 2.27. The number of nitrogens with one attached hydrogen (secondary N) is 1. The first kappa shape index (κ1) is 17.8. The highest BCUT2D eigenvalue weighted by molar-refractivity contribution is 4.82. The van der Waals surface area contributed by atoms with Crippen molar-refractivity contribution in [3.63, 3.8) is 0 Å². The summed E-state index contributed by atoms with van der Waals surface area (Å²) in [4.78, 5) is 0. The molecular weight excluding hydrogens is 242 g/mol. The molecule has 0 aliphatic heterocycles. The molecule has 0 radical (unpaired) electrons. The zero-order valence-electron chi connectivity index (χ0n) is 14.2. The molecule has 1 saturated carbocycles. The largest absolute Gasteiger partial charge is 0.314 e. The van der Waals surface area contributed by atoms with Crippen LogP contribution in [0.2, 0.25) is 0 Å². The fourth-order valence-corrected chi connectivity index (χ4v) is 3.81. The number of hydrogen-bond donors (Lipinski definition) is 1. The predicted molar refractivity (Wildman–Crippen MR) is 91.0 cm³/mol. The third-order valence-corrected chi connectivity index (χ3v) is 5.22. The molecular formula is C19H37N. The van der Waals surface area contributed by atoms with Crippen molar-refractivity contribution in [1.82, 2.24) is 5.32 Å². The Kier molecular flexibility index (Phi) is 9.26. The number of hydrogen-bond acceptors (Lipinski definition) is 1. The second kappa shape index (κ2) is 10.4. The average Bonchev–Trinajstić information content (AvgIpc) is 2.46. The molecule has 1 unspecified atom stereocenters. The third-order valence-electron chi connectivity index (χ3n) is 5.22. The summed E-state index contributed by atoms with van der Waals surface area (Å²) in [6.45, 7) is 12.0. The van der Waals surface area contributed by atoms with Crippen LogP contribution < -0.4 is 5.32 Å². The van der Waals surface area contributed by atoms with Crippen LogP contribution in [-0.2, 0) is 0 Å². The molecule has 1 rings (SSSR count). The lowest BCUT2D eigenvalue weighted by Gasteiger charge is -2.36. The fourth-order valence-electron chi connectivity index (χ4n) is 3.81. The van der Waals surface area contributed by atoms with Crippen molar-refractivity contribution in [2.24, 2.45) is 17.8 Å². The molecule has 1 aliphatic rings. The summed E-state index contributed by atoms with van der Waals surface area (Å²) >= 11 is 0. The van der Waals surface area contributed by atoms with E-state index in [4.69, 9.17) is 0 Å². The minimum Gasteiger partial charge on any atom is -0.314 e. The van der Waals surface area contributed by atoms with Crippen LogP contribution in [0.15, 0.2) is 12.7 Å². The van der Waals surface area contributed by atoms with Crippen LogP contribution in [0.25, 0.3) is 0 Å². The van der Waals surface area contributed by atoms with Crippen LogP contribution in [-0.4, -0.2) is 12.6 Å². The quantitative estimate of drug-likeness (QED) is 0.407. The maximum atomic E-state index is 3.81. The van der Waals surface area contributed by atoms with E-state index in [0.717, 1.165) is 30.3 Å². The summed E-state index contributed by atoms with van der Waals surface area (Å²) in [6, 6.07) is 0.775. The minimum atomic E-state index is 0.775. The van der Waals surface area contributed by atoms with Gasteiger partial charge in [0.2, 0.25) is 0 Å². The Hall–Kier alpha value is -0.300. The van der Waals surface area contributed by atoms with Crippen molar-refractivity contribution >= 4 is 0 Å². The van der Waals surface area contributed by atoms with E-state index >= 15 is 0 Å².